The van der Waals surface area contributed by atoms with Gasteiger partial charge in [0.2, 0.25) is 0 Å². The fraction of sp³-hybridized carbons (Fsp3) is 0.286. The maximum absolute atomic E-state index is 6.07. The first kappa shape index (κ1) is 13.5. The number of thiophene rings is 1. The van der Waals surface area contributed by atoms with Gasteiger partial charge >= 0.3 is 0 Å². The van der Waals surface area contributed by atoms with Crippen LogP contribution >= 0.6 is 23.1 Å². The van der Waals surface area contributed by atoms with E-state index in [0.717, 1.165) is 33.3 Å². The Morgan fingerprint density at radius 3 is 2.90 bits per heavy atom. The molecule has 0 saturated heterocycles. The van der Waals surface area contributed by atoms with Crippen molar-refractivity contribution in [1.29, 1.82) is 0 Å². The van der Waals surface area contributed by atoms with E-state index < -0.39 is 0 Å². The van der Waals surface area contributed by atoms with Gasteiger partial charge in [0.25, 0.3) is 0 Å². The van der Waals surface area contributed by atoms with Crippen LogP contribution in [0.4, 0.5) is 5.82 Å². The molecule has 6 heteroatoms. The third-order valence-corrected chi connectivity index (χ3v) is 5.21. The van der Waals surface area contributed by atoms with Crippen molar-refractivity contribution >= 4 is 39.1 Å². The van der Waals surface area contributed by atoms with Gasteiger partial charge in [-0.25, -0.2) is 9.97 Å². The number of hydrogen-bond acceptors (Lipinski definition) is 6. The molecule has 0 saturated carbocycles. The number of fused-ring (bicyclic) bond motifs is 1. The van der Waals surface area contributed by atoms with E-state index in [1.165, 1.54) is 10.4 Å². The number of thioether (sulfide) groups is 1. The average molecular weight is 305 g/mol. The SMILES string of the molecule is Cc1sc2nc(CSCc3ccco3)nc(N)c2c1C. The van der Waals surface area contributed by atoms with Crippen molar-refractivity contribution in [1.82, 2.24) is 9.97 Å². The maximum Gasteiger partial charge on any atom is 0.142 e. The average Bonchev–Trinajstić information content (AvgIpc) is 2.99. The predicted molar refractivity (Wildman–Crippen MR) is 85.0 cm³/mol. The smallest absolute Gasteiger partial charge is 0.142 e. The molecular weight excluding hydrogens is 290 g/mol. The number of aromatic nitrogens is 2. The van der Waals surface area contributed by atoms with E-state index in [-0.39, 0.29) is 0 Å². The normalized spacial score (nSPS) is 11.3. The van der Waals surface area contributed by atoms with Gasteiger partial charge in [-0.1, -0.05) is 0 Å². The molecule has 2 N–H and O–H groups in total. The van der Waals surface area contributed by atoms with Crippen molar-refractivity contribution in [2.45, 2.75) is 25.4 Å². The van der Waals surface area contributed by atoms with E-state index in [2.05, 4.69) is 23.8 Å². The van der Waals surface area contributed by atoms with Crippen LogP contribution in [-0.2, 0) is 11.5 Å². The molecule has 0 aliphatic rings. The predicted octanol–water partition coefficient (Wildman–Crippen LogP) is 3.92. The molecule has 0 bridgehead atoms. The molecule has 0 aromatic carbocycles. The van der Waals surface area contributed by atoms with Crippen molar-refractivity contribution in [3.8, 4) is 0 Å². The zero-order chi connectivity index (χ0) is 14.1. The zero-order valence-corrected chi connectivity index (χ0v) is 13.0. The number of nitrogens with zero attached hydrogens (tertiary/aromatic N) is 2. The first-order chi connectivity index (χ1) is 9.65. The van der Waals surface area contributed by atoms with E-state index in [0.29, 0.717) is 5.82 Å². The summed E-state index contributed by atoms with van der Waals surface area (Å²) in [5.74, 6) is 3.89. The minimum atomic E-state index is 0.588. The standard InChI is InChI=1S/C14H15N3OS2/c1-8-9(2)20-14-12(8)13(15)16-11(17-14)7-19-6-10-4-3-5-18-10/h3-5H,6-7H2,1-2H3,(H2,15,16,17). The second-order valence-electron chi connectivity index (χ2n) is 4.56. The van der Waals surface area contributed by atoms with Gasteiger partial charge in [-0.15, -0.1) is 23.1 Å². The molecule has 3 rings (SSSR count). The van der Waals surface area contributed by atoms with E-state index >= 15 is 0 Å². The molecule has 0 spiro atoms. The number of anilines is 1. The summed E-state index contributed by atoms with van der Waals surface area (Å²) in [4.78, 5) is 11.3. The summed E-state index contributed by atoms with van der Waals surface area (Å²) in [7, 11) is 0. The highest BCUT2D eigenvalue weighted by atomic mass is 32.2. The first-order valence-corrected chi connectivity index (χ1v) is 8.24. The molecule has 0 aliphatic heterocycles. The summed E-state index contributed by atoms with van der Waals surface area (Å²) in [5.41, 5.74) is 7.26. The van der Waals surface area contributed by atoms with Crippen LogP contribution < -0.4 is 5.73 Å². The number of furan rings is 1. The Morgan fingerprint density at radius 2 is 2.15 bits per heavy atom. The highest BCUT2D eigenvalue weighted by molar-refractivity contribution is 7.97. The van der Waals surface area contributed by atoms with Gasteiger partial charge in [-0.3, -0.25) is 0 Å². The molecule has 0 amide bonds. The van der Waals surface area contributed by atoms with Gasteiger partial charge in [0.05, 0.1) is 23.2 Å². The molecule has 3 aromatic heterocycles. The van der Waals surface area contributed by atoms with Gasteiger partial charge in [-0.05, 0) is 31.5 Å². The molecule has 20 heavy (non-hydrogen) atoms. The zero-order valence-electron chi connectivity index (χ0n) is 11.3. The minimum absolute atomic E-state index is 0.588. The number of rotatable bonds is 4. The van der Waals surface area contributed by atoms with Crippen LogP contribution in [-0.4, -0.2) is 9.97 Å². The summed E-state index contributed by atoms with van der Waals surface area (Å²) >= 11 is 3.40. The van der Waals surface area contributed by atoms with E-state index in [4.69, 9.17) is 10.2 Å². The van der Waals surface area contributed by atoms with Gasteiger partial charge in [0.15, 0.2) is 0 Å². The second kappa shape index (κ2) is 5.46. The third-order valence-electron chi connectivity index (χ3n) is 3.16. The van der Waals surface area contributed by atoms with Gasteiger partial charge < -0.3 is 10.2 Å². The second-order valence-corrected chi connectivity index (χ2v) is 6.75. The van der Waals surface area contributed by atoms with E-state index in [1.807, 2.05) is 12.1 Å². The third kappa shape index (κ3) is 2.53. The summed E-state index contributed by atoms with van der Waals surface area (Å²) in [6, 6.07) is 3.87. The van der Waals surface area contributed by atoms with Crippen molar-refractivity contribution in [3.05, 3.63) is 40.4 Å². The maximum atomic E-state index is 6.07. The van der Waals surface area contributed by atoms with Crippen LogP contribution in [0.25, 0.3) is 10.2 Å². The fourth-order valence-electron chi connectivity index (χ4n) is 2.03. The number of nitrogen functional groups attached to an aromatic ring is 1. The Balaban J connectivity index is 1.78. The van der Waals surface area contributed by atoms with E-state index in [1.54, 1.807) is 29.4 Å². The first-order valence-electron chi connectivity index (χ1n) is 6.27. The van der Waals surface area contributed by atoms with Crippen LogP contribution in [0, 0.1) is 13.8 Å². The number of aryl methyl sites for hydroxylation is 2. The fourth-order valence-corrected chi connectivity index (χ4v) is 3.86. The summed E-state index contributed by atoms with van der Waals surface area (Å²) in [5, 5.41) is 1.01. The van der Waals surface area contributed by atoms with Crippen LogP contribution in [0.5, 0.6) is 0 Å². The van der Waals surface area contributed by atoms with Crippen molar-refractivity contribution in [2.75, 3.05) is 5.73 Å². The Kier molecular flexibility index (Phi) is 3.67. The lowest BCUT2D eigenvalue weighted by Gasteiger charge is -2.02. The molecule has 0 unspecified atom stereocenters. The van der Waals surface area contributed by atoms with Gasteiger partial charge in [-0.2, -0.15) is 0 Å². The lowest BCUT2D eigenvalue weighted by molar-refractivity contribution is 0.530. The van der Waals surface area contributed by atoms with Crippen molar-refractivity contribution < 1.29 is 4.42 Å². The molecule has 104 valence electrons. The molecule has 0 atom stereocenters. The largest absolute Gasteiger partial charge is 0.468 e. The van der Waals surface area contributed by atoms with Crippen LogP contribution in [0.1, 0.15) is 22.0 Å². The van der Waals surface area contributed by atoms with Crippen LogP contribution in [0.2, 0.25) is 0 Å². The molecule has 0 aliphatic carbocycles. The number of nitrogens with two attached hydrogens (primary N) is 1. The van der Waals surface area contributed by atoms with E-state index in [9.17, 15) is 0 Å². The Morgan fingerprint density at radius 1 is 1.30 bits per heavy atom. The Hall–Kier alpha value is -1.53. The number of hydrogen-bond donors (Lipinski definition) is 1. The summed E-state index contributed by atoms with van der Waals surface area (Å²) in [6.07, 6.45) is 1.69. The molecule has 4 nitrogen and oxygen atoms in total. The lowest BCUT2D eigenvalue weighted by atomic mass is 10.2. The van der Waals surface area contributed by atoms with Gasteiger partial charge in [0.1, 0.15) is 22.2 Å². The lowest BCUT2D eigenvalue weighted by Crippen LogP contribution is -1.99. The highest BCUT2D eigenvalue weighted by Crippen LogP contribution is 2.32. The van der Waals surface area contributed by atoms with Gasteiger partial charge in [0, 0.05) is 4.88 Å². The molecule has 3 heterocycles. The minimum Gasteiger partial charge on any atom is -0.468 e. The quantitative estimate of drug-likeness (QED) is 0.791. The summed E-state index contributed by atoms with van der Waals surface area (Å²) in [6.45, 7) is 4.16. The molecular formula is C14H15N3OS2. The molecule has 0 fully saturated rings. The van der Waals surface area contributed by atoms with Crippen molar-refractivity contribution in [3.63, 3.8) is 0 Å². The Bertz CT molecular complexity index is 735. The molecule has 3 aromatic rings. The van der Waals surface area contributed by atoms with Crippen LogP contribution in [0.15, 0.2) is 22.8 Å². The monoisotopic (exact) mass is 305 g/mol. The molecule has 0 radical (unpaired) electrons. The van der Waals surface area contributed by atoms with Crippen LogP contribution in [0.3, 0.4) is 0 Å². The Labute approximate surface area is 125 Å². The topological polar surface area (TPSA) is 64.9 Å². The van der Waals surface area contributed by atoms with Crippen molar-refractivity contribution in [2.24, 2.45) is 0 Å². The highest BCUT2D eigenvalue weighted by Gasteiger charge is 2.12. The summed E-state index contributed by atoms with van der Waals surface area (Å²) < 4.78 is 5.30.